The molecular weight excluding hydrogens is 279 g/mol. The molecule has 0 spiro atoms. The van der Waals surface area contributed by atoms with Crippen LogP contribution in [0.25, 0.3) is 0 Å². The summed E-state index contributed by atoms with van der Waals surface area (Å²) < 4.78 is 0. The zero-order valence-electron chi connectivity index (χ0n) is 10.2. The molecule has 0 aromatic heterocycles. The molecular formula is C6H15CaNaO9. The molecule has 0 amide bonds. The van der Waals surface area contributed by atoms with Crippen LogP contribution in [-0.4, -0.2) is 72.1 Å². The quantitative estimate of drug-likeness (QED) is 0.394. The summed E-state index contributed by atoms with van der Waals surface area (Å²) in [4.78, 5) is 26.7. The summed E-state index contributed by atoms with van der Waals surface area (Å²) >= 11 is 0. The third kappa shape index (κ3) is 11600. The Morgan fingerprint density at radius 2 is 0.647 bits per heavy atom. The SMILES string of the molecule is CC(=O)[O-].CC(=O)[O-].CC(=O)[O-].O.O.O.[Ca+2].[Na+]. The van der Waals surface area contributed by atoms with Gasteiger partial charge in [-0.05, 0) is 20.8 Å². The van der Waals surface area contributed by atoms with Crippen LogP contribution in [0.1, 0.15) is 20.8 Å². The van der Waals surface area contributed by atoms with Gasteiger partial charge in [-0.15, -0.1) is 0 Å². The van der Waals surface area contributed by atoms with Gasteiger partial charge < -0.3 is 46.1 Å². The van der Waals surface area contributed by atoms with Crippen LogP contribution in [0.5, 0.6) is 0 Å². The fourth-order valence-electron chi connectivity index (χ4n) is 0. The number of hydrogen-bond acceptors (Lipinski definition) is 6. The maximum absolute atomic E-state index is 8.89. The van der Waals surface area contributed by atoms with Crippen LogP contribution in [-0.2, 0) is 14.4 Å². The number of carboxylic acid groups (broad SMARTS) is 3. The molecule has 6 N–H and O–H groups in total. The van der Waals surface area contributed by atoms with Crippen LogP contribution in [0, 0.1) is 0 Å². The van der Waals surface area contributed by atoms with Crippen LogP contribution in [0.2, 0.25) is 0 Å². The Bertz CT molecular complexity index is 123. The Morgan fingerprint density at radius 1 is 0.647 bits per heavy atom. The molecule has 0 aromatic carbocycles. The van der Waals surface area contributed by atoms with E-state index in [1.54, 1.807) is 0 Å². The zero-order chi connectivity index (χ0) is 10.7. The number of hydrogen-bond donors (Lipinski definition) is 0. The Kier molecular flexibility index (Phi) is 136. The zero-order valence-corrected chi connectivity index (χ0v) is 14.4. The third-order valence-corrected chi connectivity index (χ3v) is 0. The van der Waals surface area contributed by atoms with Gasteiger partial charge in [0, 0.05) is 17.9 Å². The van der Waals surface area contributed by atoms with Gasteiger partial charge in [-0.2, -0.15) is 0 Å². The first-order chi connectivity index (χ1) is 5.20. The Hall–Kier alpha value is 0.550. The van der Waals surface area contributed by atoms with E-state index in [9.17, 15) is 0 Å². The predicted octanol–water partition coefficient (Wildman–Crippen LogP) is -9.58. The van der Waals surface area contributed by atoms with Crippen molar-refractivity contribution in [1.82, 2.24) is 0 Å². The van der Waals surface area contributed by atoms with Crippen LogP contribution >= 0.6 is 0 Å². The number of aliphatic carboxylic acids is 3. The smallest absolute Gasteiger partial charge is 0.550 e. The molecule has 0 radical (unpaired) electrons. The Labute approximate surface area is 150 Å². The van der Waals surface area contributed by atoms with Crippen molar-refractivity contribution in [2.45, 2.75) is 20.8 Å². The van der Waals surface area contributed by atoms with E-state index in [-0.39, 0.29) is 83.7 Å². The first-order valence-electron chi connectivity index (χ1n) is 2.72. The van der Waals surface area contributed by atoms with Crippen molar-refractivity contribution >= 4 is 55.6 Å². The Morgan fingerprint density at radius 3 is 0.647 bits per heavy atom. The van der Waals surface area contributed by atoms with E-state index in [0.717, 1.165) is 20.8 Å². The van der Waals surface area contributed by atoms with Gasteiger partial charge in [0.1, 0.15) is 0 Å². The molecule has 0 unspecified atom stereocenters. The first-order valence-corrected chi connectivity index (χ1v) is 2.72. The number of carbonyl (C=O) groups excluding carboxylic acids is 3. The second-order valence-electron chi connectivity index (χ2n) is 1.47. The summed E-state index contributed by atoms with van der Waals surface area (Å²) in [7, 11) is 0. The van der Waals surface area contributed by atoms with Crippen LogP contribution in [0.3, 0.4) is 0 Å². The molecule has 0 heterocycles. The fourth-order valence-corrected chi connectivity index (χ4v) is 0. The summed E-state index contributed by atoms with van der Waals surface area (Å²) in [5.41, 5.74) is 0. The molecule has 0 aliphatic carbocycles. The minimum atomic E-state index is -1.08. The molecule has 0 fully saturated rings. The van der Waals surface area contributed by atoms with Gasteiger partial charge in [-0.25, -0.2) is 0 Å². The minimum Gasteiger partial charge on any atom is -0.550 e. The van der Waals surface area contributed by atoms with E-state index in [0.29, 0.717) is 0 Å². The molecule has 0 aliphatic heterocycles. The molecule has 11 heteroatoms. The maximum atomic E-state index is 8.89. The van der Waals surface area contributed by atoms with E-state index in [1.165, 1.54) is 0 Å². The average Bonchev–Trinajstić information content (AvgIpc) is 1.54. The second kappa shape index (κ2) is 43.9. The van der Waals surface area contributed by atoms with Crippen molar-refractivity contribution in [3.05, 3.63) is 0 Å². The summed E-state index contributed by atoms with van der Waals surface area (Å²) in [5.74, 6) is -3.25. The van der Waals surface area contributed by atoms with Gasteiger partial charge in [0.25, 0.3) is 0 Å². The largest absolute Gasteiger partial charge is 2.00 e. The molecule has 0 atom stereocenters. The molecule has 0 aliphatic rings. The van der Waals surface area contributed by atoms with Crippen LogP contribution in [0.4, 0.5) is 0 Å². The molecule has 96 valence electrons. The van der Waals surface area contributed by atoms with Crippen molar-refractivity contribution in [3.8, 4) is 0 Å². The van der Waals surface area contributed by atoms with E-state index in [1.807, 2.05) is 0 Å². The van der Waals surface area contributed by atoms with Crippen molar-refractivity contribution in [1.29, 1.82) is 0 Å². The van der Waals surface area contributed by atoms with Crippen LogP contribution < -0.4 is 44.9 Å². The second-order valence-corrected chi connectivity index (χ2v) is 1.47. The van der Waals surface area contributed by atoms with Gasteiger partial charge in [-0.3, -0.25) is 0 Å². The first kappa shape index (κ1) is 52.7. The molecule has 17 heavy (non-hydrogen) atoms. The van der Waals surface area contributed by atoms with Crippen molar-refractivity contribution in [3.63, 3.8) is 0 Å². The number of carboxylic acids is 3. The molecule has 0 saturated heterocycles. The molecule has 0 rings (SSSR count). The van der Waals surface area contributed by atoms with Crippen LogP contribution in [0.15, 0.2) is 0 Å². The van der Waals surface area contributed by atoms with Gasteiger partial charge in [0.05, 0.1) is 0 Å². The van der Waals surface area contributed by atoms with E-state index in [4.69, 9.17) is 29.7 Å². The topological polar surface area (TPSA) is 215 Å². The molecule has 0 saturated carbocycles. The van der Waals surface area contributed by atoms with Crippen molar-refractivity contribution < 1.29 is 75.7 Å². The minimum absolute atomic E-state index is 0. The van der Waals surface area contributed by atoms with Crippen molar-refractivity contribution in [2.24, 2.45) is 0 Å². The summed E-state index contributed by atoms with van der Waals surface area (Å²) in [6.45, 7) is 2.92. The summed E-state index contributed by atoms with van der Waals surface area (Å²) in [6.07, 6.45) is 0. The van der Waals surface area contributed by atoms with Gasteiger partial charge >= 0.3 is 67.3 Å². The standard InChI is InChI=1S/3C2H4O2.Ca.Na.3H2O/c3*1-2(3)4;;;;;/h3*1H3,(H,3,4);;;3*1H2/q;;;+2;+1;;;/p-3. The molecule has 0 bridgehead atoms. The predicted molar refractivity (Wildman–Crippen MR) is 48.6 cm³/mol. The van der Waals surface area contributed by atoms with E-state index >= 15 is 0 Å². The fraction of sp³-hybridized carbons (Fsp3) is 0.500. The van der Waals surface area contributed by atoms with Gasteiger partial charge in [-0.1, -0.05) is 0 Å². The Balaban J connectivity index is -0.0000000104. The van der Waals surface area contributed by atoms with Crippen molar-refractivity contribution in [2.75, 3.05) is 0 Å². The van der Waals surface area contributed by atoms with E-state index in [2.05, 4.69) is 0 Å². The van der Waals surface area contributed by atoms with E-state index < -0.39 is 17.9 Å². The molecule has 9 nitrogen and oxygen atoms in total. The summed E-state index contributed by atoms with van der Waals surface area (Å²) in [6, 6.07) is 0. The van der Waals surface area contributed by atoms with Gasteiger partial charge in [0.15, 0.2) is 0 Å². The monoisotopic (exact) mass is 294 g/mol. The average molecular weight is 294 g/mol. The number of rotatable bonds is 0. The summed E-state index contributed by atoms with van der Waals surface area (Å²) in [5, 5.41) is 26.7. The maximum Gasteiger partial charge on any atom is 2.00 e. The third-order valence-electron chi connectivity index (χ3n) is 0. The van der Waals surface area contributed by atoms with Gasteiger partial charge in [0.2, 0.25) is 0 Å². The number of carbonyl (C=O) groups is 3. The normalized spacial score (nSPS) is 4.41. The molecule has 0 aromatic rings.